The van der Waals surface area contributed by atoms with Crippen LogP contribution in [0.25, 0.3) is 0 Å². The van der Waals surface area contributed by atoms with Crippen molar-refractivity contribution in [3.63, 3.8) is 0 Å². The zero-order valence-electron chi connectivity index (χ0n) is 14.5. The molecule has 3 heterocycles. The van der Waals surface area contributed by atoms with Gasteiger partial charge in [-0.25, -0.2) is 4.98 Å². The van der Waals surface area contributed by atoms with E-state index in [9.17, 15) is 9.59 Å². The van der Waals surface area contributed by atoms with Gasteiger partial charge in [0.1, 0.15) is 0 Å². The van der Waals surface area contributed by atoms with Gasteiger partial charge in [0.2, 0.25) is 11.8 Å². The molecule has 25 heavy (non-hydrogen) atoms. The second-order valence-corrected chi connectivity index (χ2v) is 7.57. The topological polar surface area (TPSA) is 75.2 Å². The van der Waals surface area contributed by atoms with Crippen molar-refractivity contribution in [3.05, 3.63) is 45.7 Å². The molecule has 0 spiro atoms. The molecule has 0 aromatic carbocycles. The highest BCUT2D eigenvalue weighted by Gasteiger charge is 2.34. The lowest BCUT2D eigenvalue weighted by molar-refractivity contribution is -0.129. The maximum absolute atomic E-state index is 12.3. The standard InChI is InChI=1S/C18H22N4O2S/c1-12-13(2)25-16(21-12)6-8-20-18(24)14-9-17(23)22(10-14)11-15-5-3-4-7-19-15/h3-5,7,14H,6,8-11H2,1-2H3,(H,20,24)/t14-/m0/s1. The van der Waals surface area contributed by atoms with Gasteiger partial charge in [0, 0.05) is 37.0 Å². The van der Waals surface area contributed by atoms with Crippen LogP contribution < -0.4 is 5.32 Å². The van der Waals surface area contributed by atoms with Crippen molar-refractivity contribution in [3.8, 4) is 0 Å². The number of hydrogen-bond acceptors (Lipinski definition) is 5. The summed E-state index contributed by atoms with van der Waals surface area (Å²) in [7, 11) is 0. The van der Waals surface area contributed by atoms with Crippen LogP contribution >= 0.6 is 11.3 Å². The highest BCUT2D eigenvalue weighted by atomic mass is 32.1. The molecule has 1 fully saturated rings. The summed E-state index contributed by atoms with van der Waals surface area (Å²) in [6, 6.07) is 5.63. The van der Waals surface area contributed by atoms with Gasteiger partial charge in [-0.2, -0.15) is 0 Å². The highest BCUT2D eigenvalue weighted by molar-refractivity contribution is 7.11. The minimum absolute atomic E-state index is 0.0111. The molecule has 0 bridgehead atoms. The normalized spacial score (nSPS) is 17.1. The number of aromatic nitrogens is 2. The Morgan fingerprint density at radius 1 is 1.40 bits per heavy atom. The van der Waals surface area contributed by atoms with Crippen LogP contribution in [-0.4, -0.2) is 39.8 Å². The Morgan fingerprint density at radius 3 is 2.92 bits per heavy atom. The fraction of sp³-hybridized carbons (Fsp3) is 0.444. The lowest BCUT2D eigenvalue weighted by Gasteiger charge is -2.16. The molecule has 2 amide bonds. The monoisotopic (exact) mass is 358 g/mol. The Bertz CT molecular complexity index is 740. The van der Waals surface area contributed by atoms with Gasteiger partial charge >= 0.3 is 0 Å². The number of nitrogens with zero attached hydrogens (tertiary/aromatic N) is 3. The molecule has 1 aliphatic heterocycles. The molecule has 1 N–H and O–H groups in total. The van der Waals surface area contributed by atoms with Crippen molar-refractivity contribution < 1.29 is 9.59 Å². The predicted molar refractivity (Wildman–Crippen MR) is 96.1 cm³/mol. The highest BCUT2D eigenvalue weighted by Crippen LogP contribution is 2.20. The van der Waals surface area contributed by atoms with Crippen LogP contribution in [0.1, 0.15) is 27.7 Å². The Morgan fingerprint density at radius 2 is 2.24 bits per heavy atom. The predicted octanol–water partition coefficient (Wildman–Crippen LogP) is 1.86. The van der Waals surface area contributed by atoms with E-state index >= 15 is 0 Å². The second kappa shape index (κ2) is 7.74. The first-order valence-electron chi connectivity index (χ1n) is 8.41. The number of carbonyl (C=O) groups excluding carboxylic acids is 2. The largest absolute Gasteiger partial charge is 0.355 e. The number of aryl methyl sites for hydroxylation is 2. The molecule has 1 saturated heterocycles. The summed E-state index contributed by atoms with van der Waals surface area (Å²) in [4.78, 5) is 36.1. The van der Waals surface area contributed by atoms with E-state index in [1.165, 1.54) is 4.88 Å². The van der Waals surface area contributed by atoms with E-state index in [-0.39, 0.29) is 24.2 Å². The summed E-state index contributed by atoms with van der Waals surface area (Å²) >= 11 is 1.67. The molecular weight excluding hydrogens is 336 g/mol. The number of amides is 2. The van der Waals surface area contributed by atoms with Crippen molar-refractivity contribution in [2.45, 2.75) is 33.2 Å². The Hall–Kier alpha value is -2.28. The molecule has 0 radical (unpaired) electrons. The number of carbonyl (C=O) groups is 2. The minimum Gasteiger partial charge on any atom is -0.355 e. The van der Waals surface area contributed by atoms with E-state index < -0.39 is 0 Å². The van der Waals surface area contributed by atoms with E-state index in [2.05, 4.69) is 22.2 Å². The van der Waals surface area contributed by atoms with E-state index in [0.29, 0.717) is 19.6 Å². The van der Waals surface area contributed by atoms with Crippen LogP contribution in [0.2, 0.25) is 0 Å². The Kier molecular flexibility index (Phi) is 5.43. The molecule has 0 aliphatic carbocycles. The van der Waals surface area contributed by atoms with E-state index in [1.807, 2.05) is 25.1 Å². The molecule has 7 heteroatoms. The van der Waals surface area contributed by atoms with Crippen molar-refractivity contribution in [2.24, 2.45) is 5.92 Å². The molecule has 132 valence electrons. The van der Waals surface area contributed by atoms with Gasteiger partial charge in [-0.15, -0.1) is 11.3 Å². The SMILES string of the molecule is Cc1nc(CCNC(=O)[C@H]2CC(=O)N(Cc3ccccn3)C2)sc1C. The third-order valence-corrected chi connectivity index (χ3v) is 5.51. The van der Waals surface area contributed by atoms with Crippen LogP contribution in [0.15, 0.2) is 24.4 Å². The molecule has 2 aromatic rings. The summed E-state index contributed by atoms with van der Waals surface area (Å²) in [6.45, 7) is 5.51. The maximum atomic E-state index is 12.3. The maximum Gasteiger partial charge on any atom is 0.225 e. The van der Waals surface area contributed by atoms with Gasteiger partial charge in [0.05, 0.1) is 28.9 Å². The van der Waals surface area contributed by atoms with Crippen LogP contribution in [0.4, 0.5) is 0 Å². The smallest absolute Gasteiger partial charge is 0.225 e. The molecule has 0 unspecified atom stereocenters. The molecular formula is C18H22N4O2S. The lowest BCUT2D eigenvalue weighted by atomic mass is 10.1. The minimum atomic E-state index is -0.282. The quantitative estimate of drug-likeness (QED) is 0.855. The van der Waals surface area contributed by atoms with Crippen LogP contribution in [-0.2, 0) is 22.6 Å². The van der Waals surface area contributed by atoms with Gasteiger partial charge in [-0.05, 0) is 26.0 Å². The summed E-state index contributed by atoms with van der Waals surface area (Å²) in [6.07, 6.45) is 2.71. The number of rotatable bonds is 6. The second-order valence-electron chi connectivity index (χ2n) is 6.29. The first kappa shape index (κ1) is 17.5. The number of likely N-dealkylation sites (tertiary alicyclic amines) is 1. The Labute approximate surface area is 151 Å². The van der Waals surface area contributed by atoms with Crippen molar-refractivity contribution >= 4 is 23.2 Å². The molecule has 2 aromatic heterocycles. The summed E-state index contributed by atoms with van der Waals surface area (Å²) in [5.41, 5.74) is 1.89. The van der Waals surface area contributed by atoms with Crippen LogP contribution in [0.5, 0.6) is 0 Å². The van der Waals surface area contributed by atoms with Crippen LogP contribution in [0, 0.1) is 19.8 Å². The first-order valence-corrected chi connectivity index (χ1v) is 9.23. The number of pyridine rings is 1. The average Bonchev–Trinajstić information content (AvgIpc) is 3.11. The number of thiazole rings is 1. The Balaban J connectivity index is 1.47. The zero-order valence-corrected chi connectivity index (χ0v) is 15.3. The number of nitrogens with one attached hydrogen (secondary N) is 1. The van der Waals surface area contributed by atoms with E-state index in [4.69, 9.17) is 0 Å². The molecule has 6 nitrogen and oxygen atoms in total. The fourth-order valence-electron chi connectivity index (χ4n) is 2.87. The third kappa shape index (κ3) is 4.42. The average molecular weight is 358 g/mol. The lowest BCUT2D eigenvalue weighted by Crippen LogP contribution is -2.34. The van der Waals surface area contributed by atoms with Gasteiger partial charge in [-0.3, -0.25) is 14.6 Å². The molecule has 0 saturated carbocycles. The molecule has 1 aliphatic rings. The van der Waals surface area contributed by atoms with Gasteiger partial charge in [0.15, 0.2) is 0 Å². The van der Waals surface area contributed by atoms with Crippen molar-refractivity contribution in [2.75, 3.05) is 13.1 Å². The van der Waals surface area contributed by atoms with Gasteiger partial charge < -0.3 is 10.2 Å². The number of hydrogen-bond donors (Lipinski definition) is 1. The zero-order chi connectivity index (χ0) is 17.8. The van der Waals surface area contributed by atoms with Gasteiger partial charge in [0.25, 0.3) is 0 Å². The molecule has 3 rings (SSSR count). The van der Waals surface area contributed by atoms with E-state index in [1.54, 1.807) is 22.4 Å². The summed E-state index contributed by atoms with van der Waals surface area (Å²) in [5.74, 6) is -0.324. The molecule has 1 atom stereocenters. The first-order chi connectivity index (χ1) is 12.0. The summed E-state index contributed by atoms with van der Waals surface area (Å²) < 4.78 is 0. The van der Waals surface area contributed by atoms with E-state index in [0.717, 1.165) is 22.8 Å². The van der Waals surface area contributed by atoms with Crippen LogP contribution in [0.3, 0.4) is 0 Å². The van der Waals surface area contributed by atoms with Crippen molar-refractivity contribution in [1.82, 2.24) is 20.2 Å². The van der Waals surface area contributed by atoms with Crippen molar-refractivity contribution in [1.29, 1.82) is 0 Å². The fourth-order valence-corrected chi connectivity index (χ4v) is 3.80. The third-order valence-electron chi connectivity index (χ3n) is 4.38. The summed E-state index contributed by atoms with van der Waals surface area (Å²) in [5, 5.41) is 3.98. The van der Waals surface area contributed by atoms with Gasteiger partial charge in [-0.1, -0.05) is 6.07 Å².